The quantitative estimate of drug-likeness (QED) is 0.657. The Morgan fingerprint density at radius 3 is 2.58 bits per heavy atom. The van der Waals surface area contributed by atoms with Crippen LogP contribution in [0.25, 0.3) is 0 Å². The molecule has 0 heterocycles. The van der Waals surface area contributed by atoms with Gasteiger partial charge >= 0.3 is 0 Å². The summed E-state index contributed by atoms with van der Waals surface area (Å²) in [6.07, 6.45) is 0.891. The molecule has 2 aromatic rings. The van der Waals surface area contributed by atoms with Crippen LogP contribution in [0.4, 0.5) is 11.4 Å². The van der Waals surface area contributed by atoms with E-state index in [2.05, 4.69) is 17.4 Å². The molecule has 0 fully saturated rings. The van der Waals surface area contributed by atoms with Crippen molar-refractivity contribution in [1.82, 2.24) is 0 Å². The molecule has 0 unspecified atom stereocenters. The fraction of sp³-hybridized carbons (Fsp3) is 0.200. The molecule has 0 aliphatic heterocycles. The molecule has 2 aromatic carbocycles. The number of aryl methyl sites for hydroxylation is 1. The van der Waals surface area contributed by atoms with Crippen LogP contribution in [0.2, 0.25) is 0 Å². The van der Waals surface area contributed by atoms with E-state index in [0.717, 1.165) is 18.7 Å². The van der Waals surface area contributed by atoms with Crippen molar-refractivity contribution in [1.29, 1.82) is 0 Å². The third-order valence-corrected chi connectivity index (χ3v) is 2.99. The van der Waals surface area contributed by atoms with Crippen LogP contribution in [0.3, 0.4) is 0 Å². The first-order chi connectivity index (χ1) is 9.16. The van der Waals surface area contributed by atoms with Gasteiger partial charge in [-0.25, -0.2) is 0 Å². The molecule has 0 aromatic heterocycles. The van der Waals surface area contributed by atoms with Gasteiger partial charge in [0.2, 0.25) is 0 Å². The molecule has 0 spiro atoms. The van der Waals surface area contributed by atoms with E-state index >= 15 is 0 Å². The predicted molar refractivity (Wildman–Crippen MR) is 76.5 cm³/mol. The summed E-state index contributed by atoms with van der Waals surface area (Å²) in [7, 11) is 0. The van der Waals surface area contributed by atoms with E-state index in [1.807, 2.05) is 24.3 Å². The summed E-state index contributed by atoms with van der Waals surface area (Å²) in [4.78, 5) is 10.5. The van der Waals surface area contributed by atoms with Gasteiger partial charge in [-0.3, -0.25) is 10.1 Å². The zero-order valence-electron chi connectivity index (χ0n) is 10.8. The first kappa shape index (κ1) is 13.1. The smallest absolute Gasteiger partial charge is 0.274 e. The number of anilines is 1. The maximum atomic E-state index is 10.8. The van der Waals surface area contributed by atoms with Crippen molar-refractivity contribution >= 4 is 11.4 Å². The number of nitro groups is 1. The normalized spacial score (nSPS) is 10.2. The highest BCUT2D eigenvalue weighted by atomic mass is 16.6. The molecule has 0 bridgehead atoms. The highest BCUT2D eigenvalue weighted by Crippen LogP contribution is 2.22. The third-order valence-electron chi connectivity index (χ3n) is 2.99. The lowest BCUT2D eigenvalue weighted by atomic mass is 10.1. The van der Waals surface area contributed by atoms with Crippen molar-refractivity contribution in [2.45, 2.75) is 13.3 Å². The van der Waals surface area contributed by atoms with E-state index in [0.29, 0.717) is 5.56 Å². The number of hydrogen-bond acceptors (Lipinski definition) is 3. The average molecular weight is 256 g/mol. The Balaban J connectivity index is 1.97. The second kappa shape index (κ2) is 6.00. The van der Waals surface area contributed by atoms with Crippen molar-refractivity contribution < 1.29 is 4.92 Å². The Kier molecular flexibility index (Phi) is 4.13. The Bertz CT molecular complexity index is 568. The SMILES string of the molecule is Cc1ccc(NCCc2ccccc2)cc1[N+](=O)[O-]. The second-order valence-corrected chi connectivity index (χ2v) is 4.42. The van der Waals surface area contributed by atoms with Crippen molar-refractivity contribution in [2.75, 3.05) is 11.9 Å². The minimum absolute atomic E-state index is 0.157. The van der Waals surface area contributed by atoms with Crippen LogP contribution < -0.4 is 5.32 Å². The van der Waals surface area contributed by atoms with Gasteiger partial charge in [-0.15, -0.1) is 0 Å². The lowest BCUT2D eigenvalue weighted by Gasteiger charge is -2.07. The van der Waals surface area contributed by atoms with Crippen LogP contribution >= 0.6 is 0 Å². The molecule has 98 valence electrons. The zero-order chi connectivity index (χ0) is 13.7. The largest absolute Gasteiger partial charge is 0.385 e. The van der Waals surface area contributed by atoms with Crippen molar-refractivity contribution in [3.8, 4) is 0 Å². The van der Waals surface area contributed by atoms with Crippen LogP contribution in [-0.2, 0) is 6.42 Å². The summed E-state index contributed by atoms with van der Waals surface area (Å²) in [6, 6.07) is 15.4. The Morgan fingerprint density at radius 2 is 1.89 bits per heavy atom. The second-order valence-electron chi connectivity index (χ2n) is 4.42. The minimum atomic E-state index is -0.349. The summed E-state index contributed by atoms with van der Waals surface area (Å²) in [6.45, 7) is 2.50. The molecule has 0 aliphatic carbocycles. The van der Waals surface area contributed by atoms with Crippen molar-refractivity contribution in [3.63, 3.8) is 0 Å². The fourth-order valence-corrected chi connectivity index (χ4v) is 1.91. The molecule has 0 aliphatic rings. The first-order valence-corrected chi connectivity index (χ1v) is 6.19. The maximum Gasteiger partial charge on any atom is 0.274 e. The molecule has 19 heavy (non-hydrogen) atoms. The Labute approximate surface area is 112 Å². The molecule has 2 rings (SSSR count). The van der Waals surface area contributed by atoms with Crippen LogP contribution in [0.15, 0.2) is 48.5 Å². The summed E-state index contributed by atoms with van der Waals surface area (Å²) >= 11 is 0. The van der Waals surface area contributed by atoms with Crippen molar-refractivity contribution in [3.05, 3.63) is 69.8 Å². The zero-order valence-corrected chi connectivity index (χ0v) is 10.8. The van der Waals surface area contributed by atoms with Gasteiger partial charge in [0.15, 0.2) is 0 Å². The van der Waals surface area contributed by atoms with Gasteiger partial charge < -0.3 is 5.32 Å². The van der Waals surface area contributed by atoms with Gasteiger partial charge in [0, 0.05) is 23.9 Å². The van der Waals surface area contributed by atoms with Gasteiger partial charge in [0.05, 0.1) is 4.92 Å². The molecule has 4 nitrogen and oxygen atoms in total. The van der Waals surface area contributed by atoms with Crippen LogP contribution in [-0.4, -0.2) is 11.5 Å². The van der Waals surface area contributed by atoms with Gasteiger partial charge in [0.25, 0.3) is 5.69 Å². The van der Waals surface area contributed by atoms with E-state index in [-0.39, 0.29) is 10.6 Å². The highest BCUT2D eigenvalue weighted by Gasteiger charge is 2.10. The van der Waals surface area contributed by atoms with Gasteiger partial charge in [-0.05, 0) is 25.0 Å². The lowest BCUT2D eigenvalue weighted by molar-refractivity contribution is -0.385. The fourth-order valence-electron chi connectivity index (χ4n) is 1.91. The molecule has 0 amide bonds. The summed E-state index contributed by atoms with van der Waals surface area (Å²) in [5.41, 5.74) is 2.87. The minimum Gasteiger partial charge on any atom is -0.385 e. The molecule has 0 atom stereocenters. The van der Waals surface area contributed by atoms with Crippen LogP contribution in [0.1, 0.15) is 11.1 Å². The molecular weight excluding hydrogens is 240 g/mol. The molecule has 0 saturated carbocycles. The standard InChI is InChI=1S/C15H16N2O2/c1-12-7-8-14(11-15(12)17(18)19)16-10-9-13-5-3-2-4-6-13/h2-8,11,16H,9-10H2,1H3. The van der Waals surface area contributed by atoms with Gasteiger partial charge in [0.1, 0.15) is 0 Å². The predicted octanol–water partition coefficient (Wildman–Crippen LogP) is 3.56. The molecule has 0 saturated heterocycles. The molecule has 1 N–H and O–H groups in total. The van der Waals surface area contributed by atoms with Crippen molar-refractivity contribution in [2.24, 2.45) is 0 Å². The monoisotopic (exact) mass is 256 g/mol. The third kappa shape index (κ3) is 3.55. The van der Waals surface area contributed by atoms with E-state index in [1.165, 1.54) is 5.56 Å². The lowest BCUT2D eigenvalue weighted by Crippen LogP contribution is -2.05. The highest BCUT2D eigenvalue weighted by molar-refractivity contribution is 5.54. The number of nitro benzene ring substituents is 1. The van der Waals surface area contributed by atoms with Gasteiger partial charge in [-0.2, -0.15) is 0 Å². The number of benzene rings is 2. The summed E-state index contributed by atoms with van der Waals surface area (Å²) in [5, 5.41) is 14.1. The molecular formula is C15H16N2O2. The van der Waals surface area contributed by atoms with Crippen LogP contribution in [0, 0.1) is 17.0 Å². The number of nitrogens with zero attached hydrogens (tertiary/aromatic N) is 1. The first-order valence-electron chi connectivity index (χ1n) is 6.19. The molecule has 4 heteroatoms. The topological polar surface area (TPSA) is 55.2 Å². The maximum absolute atomic E-state index is 10.8. The van der Waals surface area contributed by atoms with E-state index in [9.17, 15) is 10.1 Å². The van der Waals surface area contributed by atoms with E-state index < -0.39 is 0 Å². The van der Waals surface area contributed by atoms with E-state index in [4.69, 9.17) is 0 Å². The number of rotatable bonds is 5. The Morgan fingerprint density at radius 1 is 1.16 bits per heavy atom. The van der Waals surface area contributed by atoms with E-state index in [1.54, 1.807) is 19.1 Å². The summed E-state index contributed by atoms with van der Waals surface area (Å²) < 4.78 is 0. The Hall–Kier alpha value is -2.36. The van der Waals surface area contributed by atoms with Gasteiger partial charge in [-0.1, -0.05) is 36.4 Å². The number of hydrogen-bond donors (Lipinski definition) is 1. The van der Waals surface area contributed by atoms with Crippen LogP contribution in [0.5, 0.6) is 0 Å². The number of nitrogens with one attached hydrogen (secondary N) is 1. The average Bonchev–Trinajstić information content (AvgIpc) is 2.41. The molecule has 0 radical (unpaired) electrons. The summed E-state index contributed by atoms with van der Waals surface area (Å²) in [5.74, 6) is 0.